The Morgan fingerprint density at radius 1 is 1.22 bits per heavy atom. The Morgan fingerprint density at radius 3 is 2.83 bits per heavy atom. The molecule has 2 saturated carbocycles. The zero-order chi connectivity index (χ0) is 12.5. The van der Waals surface area contributed by atoms with Crippen LogP contribution in [0, 0.1) is 18.8 Å². The van der Waals surface area contributed by atoms with E-state index in [1.54, 1.807) is 0 Å². The van der Waals surface area contributed by atoms with Crippen LogP contribution >= 0.6 is 0 Å². The molecule has 0 radical (unpaired) electrons. The van der Waals surface area contributed by atoms with Crippen molar-refractivity contribution < 1.29 is 8.42 Å². The van der Waals surface area contributed by atoms with Gasteiger partial charge in [0.15, 0.2) is 0 Å². The highest BCUT2D eigenvalue weighted by Gasteiger charge is 2.56. The number of sulfonamides is 1. The third-order valence-corrected chi connectivity index (χ3v) is 6.92. The number of benzene rings is 1. The number of nitrogens with one attached hydrogen (secondary N) is 1. The molecule has 0 amide bonds. The minimum absolute atomic E-state index is 0.175. The van der Waals surface area contributed by atoms with Gasteiger partial charge in [0.2, 0.25) is 10.0 Å². The highest BCUT2D eigenvalue weighted by molar-refractivity contribution is 7.93. The summed E-state index contributed by atoms with van der Waals surface area (Å²) < 4.78 is 27.6. The van der Waals surface area contributed by atoms with Gasteiger partial charge < -0.3 is 0 Å². The van der Waals surface area contributed by atoms with E-state index in [4.69, 9.17) is 0 Å². The zero-order valence-electron chi connectivity index (χ0n) is 10.4. The molecule has 1 aromatic rings. The van der Waals surface area contributed by atoms with E-state index >= 15 is 0 Å². The number of aryl methyl sites for hydroxylation is 1. The van der Waals surface area contributed by atoms with Crippen molar-refractivity contribution in [3.05, 3.63) is 29.3 Å². The summed E-state index contributed by atoms with van der Waals surface area (Å²) in [7, 11) is -3.17. The first-order chi connectivity index (χ1) is 8.56. The predicted molar refractivity (Wildman–Crippen MR) is 71.1 cm³/mol. The number of anilines is 1. The summed E-state index contributed by atoms with van der Waals surface area (Å²) in [6.45, 7) is 2.07. The Kier molecular flexibility index (Phi) is 1.99. The van der Waals surface area contributed by atoms with Crippen molar-refractivity contribution in [2.75, 3.05) is 4.72 Å². The third-order valence-electron chi connectivity index (χ3n) is 5.02. The van der Waals surface area contributed by atoms with Crippen molar-refractivity contribution in [2.24, 2.45) is 11.8 Å². The van der Waals surface area contributed by atoms with E-state index in [0.717, 1.165) is 18.5 Å². The van der Waals surface area contributed by atoms with Gasteiger partial charge in [0.25, 0.3) is 0 Å². The number of fused-ring (bicyclic) bond motifs is 7. The number of hydrogen-bond acceptors (Lipinski definition) is 2. The molecule has 2 fully saturated rings. The summed E-state index contributed by atoms with van der Waals surface area (Å²) >= 11 is 0. The van der Waals surface area contributed by atoms with E-state index in [9.17, 15) is 8.42 Å². The Hall–Kier alpha value is -1.03. The van der Waals surface area contributed by atoms with Gasteiger partial charge in [-0.2, -0.15) is 0 Å². The van der Waals surface area contributed by atoms with Gasteiger partial charge in [0, 0.05) is 5.92 Å². The van der Waals surface area contributed by atoms with Gasteiger partial charge in [-0.25, -0.2) is 8.42 Å². The van der Waals surface area contributed by atoms with Gasteiger partial charge in [0.1, 0.15) is 0 Å². The van der Waals surface area contributed by atoms with Crippen LogP contribution in [0.4, 0.5) is 5.69 Å². The summed E-state index contributed by atoms with van der Waals surface area (Å²) in [6.07, 6.45) is 3.40. The van der Waals surface area contributed by atoms with E-state index in [2.05, 4.69) is 17.7 Å². The smallest absolute Gasteiger partial charge is 0.236 e. The molecule has 18 heavy (non-hydrogen) atoms. The topological polar surface area (TPSA) is 46.2 Å². The highest BCUT2D eigenvalue weighted by atomic mass is 32.2. The van der Waals surface area contributed by atoms with Crippen molar-refractivity contribution in [1.29, 1.82) is 0 Å². The molecule has 4 heteroatoms. The zero-order valence-corrected chi connectivity index (χ0v) is 11.2. The molecule has 2 aliphatic carbocycles. The maximum Gasteiger partial charge on any atom is 0.236 e. The highest BCUT2D eigenvalue weighted by Crippen LogP contribution is 2.58. The SMILES string of the molecule is Cc1ccc2c(c1)[C@H]1[C@@H]3CC[C@@H](C3)[C@@H]1S(=O)(=O)N2. The normalized spacial score (nSPS) is 38.9. The van der Waals surface area contributed by atoms with Crippen molar-refractivity contribution in [1.82, 2.24) is 0 Å². The lowest BCUT2D eigenvalue weighted by atomic mass is 9.81. The molecule has 1 aliphatic heterocycles. The van der Waals surface area contributed by atoms with Crippen molar-refractivity contribution in [3.63, 3.8) is 0 Å². The fourth-order valence-electron chi connectivity index (χ4n) is 4.39. The molecule has 3 nitrogen and oxygen atoms in total. The maximum atomic E-state index is 12.4. The first-order valence-electron chi connectivity index (χ1n) is 6.68. The second kappa shape index (κ2) is 3.29. The lowest BCUT2D eigenvalue weighted by molar-refractivity contribution is 0.411. The molecule has 3 aliphatic rings. The van der Waals surface area contributed by atoms with Crippen molar-refractivity contribution in [2.45, 2.75) is 37.4 Å². The van der Waals surface area contributed by atoms with Crippen LogP contribution in [0.3, 0.4) is 0 Å². The minimum atomic E-state index is -3.17. The maximum absolute atomic E-state index is 12.4. The summed E-state index contributed by atoms with van der Waals surface area (Å²) in [6, 6.07) is 6.08. The van der Waals surface area contributed by atoms with Crippen molar-refractivity contribution >= 4 is 15.7 Å². The number of rotatable bonds is 0. The van der Waals surface area contributed by atoms with E-state index < -0.39 is 10.0 Å². The number of hydrogen-bond donors (Lipinski definition) is 1. The Morgan fingerprint density at radius 2 is 2.00 bits per heavy atom. The minimum Gasteiger partial charge on any atom is -0.283 e. The molecule has 1 aromatic carbocycles. The summed E-state index contributed by atoms with van der Waals surface area (Å²) in [4.78, 5) is 0. The first kappa shape index (κ1) is 10.9. The first-order valence-corrected chi connectivity index (χ1v) is 8.23. The van der Waals surface area contributed by atoms with Crippen LogP contribution in [-0.2, 0) is 10.0 Å². The molecule has 0 saturated heterocycles. The van der Waals surface area contributed by atoms with Crippen LogP contribution in [0.1, 0.15) is 36.3 Å². The van der Waals surface area contributed by atoms with Gasteiger partial charge in [-0.05, 0) is 49.7 Å². The average Bonchev–Trinajstić information content (AvgIpc) is 2.90. The molecule has 1 N–H and O–H groups in total. The molecule has 0 spiro atoms. The van der Waals surface area contributed by atoms with Gasteiger partial charge in [-0.3, -0.25) is 4.72 Å². The van der Waals surface area contributed by atoms with E-state index in [-0.39, 0.29) is 11.2 Å². The van der Waals surface area contributed by atoms with E-state index in [0.29, 0.717) is 11.8 Å². The van der Waals surface area contributed by atoms with Crippen LogP contribution in [0.15, 0.2) is 18.2 Å². The predicted octanol–water partition coefficient (Wildman–Crippen LogP) is 2.63. The standard InChI is InChI=1S/C14H17NO2S/c1-8-2-5-12-11(6-8)13-9-3-4-10(7-9)14(13)18(16,17)15-12/h2,5-6,9-10,13-15H,3-4,7H2,1H3/t9-,10+,13-,14+/m1/s1. The van der Waals surface area contributed by atoms with E-state index in [1.165, 1.54) is 17.5 Å². The summed E-state index contributed by atoms with van der Waals surface area (Å²) in [5, 5.41) is -0.175. The van der Waals surface area contributed by atoms with Gasteiger partial charge >= 0.3 is 0 Å². The third kappa shape index (κ3) is 1.27. The molecule has 4 atom stereocenters. The summed E-state index contributed by atoms with van der Waals surface area (Å²) in [5.41, 5.74) is 3.27. The fourth-order valence-corrected chi connectivity index (χ4v) is 6.53. The van der Waals surface area contributed by atoms with E-state index in [1.807, 2.05) is 12.1 Å². The van der Waals surface area contributed by atoms with Gasteiger partial charge in [-0.15, -0.1) is 0 Å². The second-order valence-corrected chi connectivity index (χ2v) is 7.90. The molecular weight excluding hydrogens is 246 g/mol. The quantitative estimate of drug-likeness (QED) is 0.782. The van der Waals surface area contributed by atoms with Crippen LogP contribution in [-0.4, -0.2) is 13.7 Å². The van der Waals surface area contributed by atoms with Crippen LogP contribution in [0.25, 0.3) is 0 Å². The Bertz CT molecular complexity index is 623. The van der Waals surface area contributed by atoms with Crippen molar-refractivity contribution in [3.8, 4) is 0 Å². The second-order valence-electron chi connectivity index (χ2n) is 6.06. The monoisotopic (exact) mass is 263 g/mol. The lowest BCUT2D eigenvalue weighted by Gasteiger charge is -2.36. The molecule has 1 heterocycles. The molecule has 4 rings (SSSR count). The van der Waals surface area contributed by atoms with Gasteiger partial charge in [-0.1, -0.05) is 17.7 Å². The fraction of sp³-hybridized carbons (Fsp3) is 0.571. The Labute approximate surface area is 108 Å². The van der Waals surface area contributed by atoms with Crippen LogP contribution < -0.4 is 4.72 Å². The largest absolute Gasteiger partial charge is 0.283 e. The van der Waals surface area contributed by atoms with Gasteiger partial charge in [0.05, 0.1) is 10.9 Å². The molecule has 0 unspecified atom stereocenters. The molecule has 96 valence electrons. The molecular formula is C14H17NO2S. The molecule has 0 aromatic heterocycles. The Balaban J connectivity index is 1.94. The molecule has 2 bridgehead atoms. The lowest BCUT2D eigenvalue weighted by Crippen LogP contribution is -2.41. The van der Waals surface area contributed by atoms with Crippen LogP contribution in [0.2, 0.25) is 0 Å². The summed E-state index contributed by atoms with van der Waals surface area (Å²) in [5.74, 6) is 1.20. The average molecular weight is 263 g/mol. The van der Waals surface area contributed by atoms with Crippen LogP contribution in [0.5, 0.6) is 0 Å².